The Bertz CT molecular complexity index is 261. The quantitative estimate of drug-likeness (QED) is 0.206. The first-order chi connectivity index (χ1) is 5.86. The fourth-order valence-corrected chi connectivity index (χ4v) is 0.400. The average molecular weight is 232 g/mol. The first kappa shape index (κ1) is 20.5. The number of hydrogen-bond acceptors (Lipinski definition) is 6. The number of aliphatic carboxylic acids is 2. The third-order valence-electron chi connectivity index (χ3n) is 1.00. The molecule has 0 aliphatic carbocycles. The summed E-state index contributed by atoms with van der Waals surface area (Å²) in [4.78, 5) is 30.8. The van der Waals surface area contributed by atoms with Gasteiger partial charge >= 0.3 is 65.1 Å². The van der Waals surface area contributed by atoms with Crippen molar-refractivity contribution >= 4 is 17.9 Å². The van der Waals surface area contributed by atoms with Gasteiger partial charge in [0.1, 0.15) is 0 Å². The van der Waals surface area contributed by atoms with Crippen molar-refractivity contribution < 1.29 is 88.4 Å². The van der Waals surface area contributed by atoms with Crippen LogP contribution in [-0.2, 0) is 19.1 Å². The van der Waals surface area contributed by atoms with E-state index in [0.29, 0.717) is 0 Å². The van der Waals surface area contributed by atoms with Crippen molar-refractivity contribution in [3.63, 3.8) is 0 Å². The molecule has 0 unspecified atom stereocenters. The number of rotatable bonds is 4. The van der Waals surface area contributed by atoms with E-state index in [2.05, 4.69) is 11.3 Å². The van der Waals surface area contributed by atoms with Crippen LogP contribution in [0.15, 0.2) is 12.2 Å². The Hall–Kier alpha value is 0.150. The molecule has 8 heteroatoms. The molecule has 6 nitrogen and oxygen atoms in total. The summed E-state index contributed by atoms with van der Waals surface area (Å²) in [6, 6.07) is 0. The molecule has 0 aromatic carbocycles. The summed E-state index contributed by atoms with van der Waals surface area (Å²) >= 11 is 0. The Morgan fingerprint density at radius 3 is 1.67 bits per heavy atom. The van der Waals surface area contributed by atoms with Gasteiger partial charge in [-0.3, -0.25) is 0 Å². The van der Waals surface area contributed by atoms with Crippen molar-refractivity contribution in [2.24, 2.45) is 0 Å². The number of esters is 1. The molecule has 0 aromatic rings. The molecule has 0 aliphatic rings. The van der Waals surface area contributed by atoms with Gasteiger partial charge in [-0.2, -0.15) is 0 Å². The zero-order valence-electron chi connectivity index (χ0n) is 8.73. The Balaban J connectivity index is -0.000000720. The molecule has 0 bridgehead atoms. The molecule has 0 fully saturated rings. The fourth-order valence-electron chi connectivity index (χ4n) is 0.400. The van der Waals surface area contributed by atoms with Crippen LogP contribution in [0, 0.1) is 0 Å². The van der Waals surface area contributed by atoms with Crippen LogP contribution in [0.25, 0.3) is 0 Å². The molecule has 0 saturated heterocycles. The summed E-state index contributed by atoms with van der Waals surface area (Å²) < 4.78 is 3.97. The monoisotopic (exact) mass is 232 g/mol. The summed E-state index contributed by atoms with van der Waals surface area (Å²) in [7, 11) is 0. The van der Waals surface area contributed by atoms with Gasteiger partial charge in [0.05, 0.1) is 11.9 Å². The van der Waals surface area contributed by atoms with Gasteiger partial charge in [0, 0.05) is 5.57 Å². The molecule has 0 spiro atoms. The minimum absolute atomic E-state index is 0. The first-order valence-corrected chi connectivity index (χ1v) is 3.14. The Labute approximate surface area is 130 Å². The SMILES string of the molecule is C=C(C)C(=O)OC(C(=O)[O-])C(=O)[O-].[Na+].[Na+]. The first-order valence-electron chi connectivity index (χ1n) is 3.14. The van der Waals surface area contributed by atoms with E-state index in [1.54, 1.807) is 0 Å². The molecule has 15 heavy (non-hydrogen) atoms. The van der Waals surface area contributed by atoms with Gasteiger partial charge in [0.15, 0.2) is 6.10 Å². The van der Waals surface area contributed by atoms with Gasteiger partial charge < -0.3 is 24.5 Å². The van der Waals surface area contributed by atoms with Crippen LogP contribution in [0.5, 0.6) is 0 Å². The van der Waals surface area contributed by atoms with E-state index in [1.165, 1.54) is 6.92 Å². The van der Waals surface area contributed by atoms with Gasteiger partial charge in [-0.15, -0.1) is 0 Å². The molecule has 0 amide bonds. The van der Waals surface area contributed by atoms with E-state index in [9.17, 15) is 24.6 Å². The molecule has 0 radical (unpaired) electrons. The number of hydrogen-bond donors (Lipinski definition) is 0. The molecule has 0 saturated carbocycles. The normalized spacial score (nSPS) is 8.13. The van der Waals surface area contributed by atoms with Gasteiger partial charge in [0.2, 0.25) is 0 Å². The minimum Gasteiger partial charge on any atom is -0.546 e. The van der Waals surface area contributed by atoms with Gasteiger partial charge in [-0.25, -0.2) is 4.79 Å². The third-order valence-corrected chi connectivity index (χ3v) is 1.00. The van der Waals surface area contributed by atoms with Gasteiger partial charge in [-0.05, 0) is 6.92 Å². The second kappa shape index (κ2) is 9.38. The van der Waals surface area contributed by atoms with Crippen LogP contribution in [0.3, 0.4) is 0 Å². The van der Waals surface area contributed by atoms with Crippen molar-refractivity contribution in [2.75, 3.05) is 0 Å². The van der Waals surface area contributed by atoms with E-state index in [4.69, 9.17) is 0 Å². The maximum absolute atomic E-state index is 10.7. The summed E-state index contributed by atoms with van der Waals surface area (Å²) in [5, 5.41) is 20.1. The predicted octanol–water partition coefficient (Wildman–Crippen LogP) is -9.02. The third kappa shape index (κ3) is 8.01. The van der Waals surface area contributed by atoms with E-state index >= 15 is 0 Å². The van der Waals surface area contributed by atoms with Gasteiger partial charge in [0.25, 0.3) is 0 Å². The number of ether oxygens (including phenoxy) is 1. The molecular weight excluding hydrogens is 226 g/mol. The van der Waals surface area contributed by atoms with Gasteiger partial charge in [-0.1, -0.05) is 6.58 Å². The smallest absolute Gasteiger partial charge is 0.546 e. The Kier molecular flexibility index (Phi) is 12.9. The second-order valence-corrected chi connectivity index (χ2v) is 2.20. The number of carbonyl (C=O) groups excluding carboxylic acids is 3. The average Bonchev–Trinajstić information content (AvgIpc) is 1.97. The minimum atomic E-state index is -2.40. The van der Waals surface area contributed by atoms with Crippen LogP contribution in [0.2, 0.25) is 0 Å². The summed E-state index contributed by atoms with van der Waals surface area (Å²) in [6.45, 7) is 4.37. The molecule has 0 heterocycles. The largest absolute Gasteiger partial charge is 1.00 e. The predicted molar refractivity (Wildman–Crippen MR) is 34.7 cm³/mol. The van der Waals surface area contributed by atoms with Crippen molar-refractivity contribution in [1.29, 1.82) is 0 Å². The topological polar surface area (TPSA) is 107 Å². The standard InChI is InChI=1S/C7H8O6.2Na/c1-3(2)7(12)13-4(5(8)9)6(10)11;;/h4H,1H2,2H3,(H,8,9)(H,10,11);;/q;2*+1/p-2. The molecule has 0 atom stereocenters. The molecular formula is C7H6Na2O6. The van der Waals surface area contributed by atoms with Crippen LogP contribution < -0.4 is 69.3 Å². The van der Waals surface area contributed by atoms with E-state index in [1.807, 2.05) is 0 Å². The summed E-state index contributed by atoms with van der Waals surface area (Å²) in [5.41, 5.74) is -0.118. The van der Waals surface area contributed by atoms with Crippen LogP contribution in [0.1, 0.15) is 6.92 Å². The summed E-state index contributed by atoms with van der Waals surface area (Å²) in [6.07, 6.45) is -2.40. The maximum Gasteiger partial charge on any atom is 1.00 e. The van der Waals surface area contributed by atoms with Crippen molar-refractivity contribution in [2.45, 2.75) is 13.0 Å². The van der Waals surface area contributed by atoms with Crippen molar-refractivity contribution in [3.8, 4) is 0 Å². The van der Waals surface area contributed by atoms with Crippen molar-refractivity contribution in [3.05, 3.63) is 12.2 Å². The molecule has 0 rings (SSSR count). The molecule has 0 aromatic heterocycles. The molecule has 72 valence electrons. The van der Waals surface area contributed by atoms with E-state index < -0.39 is 24.0 Å². The van der Waals surface area contributed by atoms with Crippen LogP contribution >= 0.6 is 0 Å². The number of carboxylic acids is 2. The number of carbonyl (C=O) groups is 3. The van der Waals surface area contributed by atoms with Crippen molar-refractivity contribution in [1.82, 2.24) is 0 Å². The summed E-state index contributed by atoms with van der Waals surface area (Å²) in [5.74, 6) is -5.22. The number of carboxylic acid groups (broad SMARTS) is 2. The molecule has 0 N–H and O–H groups in total. The fraction of sp³-hybridized carbons (Fsp3) is 0.286. The zero-order valence-corrected chi connectivity index (χ0v) is 12.7. The zero-order chi connectivity index (χ0) is 10.6. The van der Waals surface area contributed by atoms with E-state index in [-0.39, 0.29) is 64.7 Å². The Morgan fingerprint density at radius 2 is 1.47 bits per heavy atom. The molecule has 0 aliphatic heterocycles. The Morgan fingerprint density at radius 1 is 1.13 bits per heavy atom. The second-order valence-electron chi connectivity index (χ2n) is 2.20. The van der Waals surface area contributed by atoms with Crippen LogP contribution in [-0.4, -0.2) is 24.0 Å². The van der Waals surface area contributed by atoms with Crippen LogP contribution in [0.4, 0.5) is 0 Å². The maximum atomic E-state index is 10.7. The van der Waals surface area contributed by atoms with E-state index in [0.717, 1.165) is 0 Å².